The zero-order valence-electron chi connectivity index (χ0n) is 5.22. The number of hydrogen-bond acceptors (Lipinski definition) is 2. The minimum absolute atomic E-state index is 0.221. The molecular formula is C6H5ClO2S. The quantitative estimate of drug-likeness (QED) is 0.714. The number of aryl methyl sites for hydroxylation is 1. The van der Waals surface area contributed by atoms with Gasteiger partial charge in [0.2, 0.25) is 0 Å². The summed E-state index contributed by atoms with van der Waals surface area (Å²) in [7, 11) is 0. The van der Waals surface area contributed by atoms with Gasteiger partial charge in [0, 0.05) is 0 Å². The molecule has 0 radical (unpaired) electrons. The van der Waals surface area contributed by atoms with Crippen LogP contribution in [0.5, 0.6) is 0 Å². The predicted octanol–water partition coefficient (Wildman–Crippen LogP) is 2.41. The van der Waals surface area contributed by atoms with Crippen molar-refractivity contribution in [2.45, 2.75) is 6.92 Å². The summed E-state index contributed by atoms with van der Waals surface area (Å²) in [6.07, 6.45) is 0. The molecule has 1 heterocycles. The molecule has 0 unspecified atom stereocenters. The molecule has 0 amide bonds. The summed E-state index contributed by atoms with van der Waals surface area (Å²) >= 11 is 6.79. The molecule has 1 aromatic heterocycles. The molecular weight excluding hydrogens is 172 g/mol. The van der Waals surface area contributed by atoms with Crippen LogP contribution in [0.15, 0.2) is 5.38 Å². The standard InChI is InChI=1S/C6H5ClO2S/c1-3-2-10-5(4(3)7)6(8)9/h2H,1H3,(H,8,9). The van der Waals surface area contributed by atoms with E-state index in [-0.39, 0.29) is 4.88 Å². The van der Waals surface area contributed by atoms with Gasteiger partial charge in [0.25, 0.3) is 0 Å². The number of aromatic carboxylic acids is 1. The van der Waals surface area contributed by atoms with Crippen molar-refractivity contribution in [3.8, 4) is 0 Å². The Morgan fingerprint density at radius 1 is 1.80 bits per heavy atom. The average molecular weight is 177 g/mol. The lowest BCUT2D eigenvalue weighted by Crippen LogP contribution is -1.91. The maximum absolute atomic E-state index is 10.4. The zero-order chi connectivity index (χ0) is 7.72. The molecule has 0 fully saturated rings. The lowest BCUT2D eigenvalue weighted by atomic mass is 10.3. The third-order valence-corrected chi connectivity index (χ3v) is 2.78. The molecule has 0 spiro atoms. The van der Waals surface area contributed by atoms with Crippen LogP contribution in [0.2, 0.25) is 5.02 Å². The van der Waals surface area contributed by atoms with E-state index in [2.05, 4.69) is 0 Å². The van der Waals surface area contributed by atoms with Gasteiger partial charge in [-0.25, -0.2) is 4.79 Å². The van der Waals surface area contributed by atoms with Crippen molar-refractivity contribution in [2.75, 3.05) is 0 Å². The van der Waals surface area contributed by atoms with Crippen LogP contribution in [0.4, 0.5) is 0 Å². The maximum atomic E-state index is 10.4. The van der Waals surface area contributed by atoms with E-state index in [9.17, 15) is 4.79 Å². The van der Waals surface area contributed by atoms with Crippen molar-refractivity contribution in [2.24, 2.45) is 0 Å². The fourth-order valence-electron chi connectivity index (χ4n) is 0.574. The number of carbonyl (C=O) groups is 1. The molecule has 0 bridgehead atoms. The van der Waals surface area contributed by atoms with E-state index in [0.29, 0.717) is 5.02 Å². The van der Waals surface area contributed by atoms with Crippen LogP contribution in [0.3, 0.4) is 0 Å². The molecule has 1 aromatic rings. The smallest absolute Gasteiger partial charge is 0.347 e. The molecule has 1 rings (SSSR count). The topological polar surface area (TPSA) is 37.3 Å². The Labute approximate surface area is 67.1 Å². The van der Waals surface area contributed by atoms with Gasteiger partial charge in [-0.05, 0) is 17.9 Å². The first-order valence-corrected chi connectivity index (χ1v) is 3.85. The number of hydrogen-bond donors (Lipinski definition) is 1. The summed E-state index contributed by atoms with van der Waals surface area (Å²) in [5, 5.41) is 10.6. The van der Waals surface area contributed by atoms with Gasteiger partial charge in [0.15, 0.2) is 0 Å². The molecule has 0 saturated heterocycles. The van der Waals surface area contributed by atoms with Gasteiger partial charge in [-0.15, -0.1) is 11.3 Å². The average Bonchev–Trinajstić information content (AvgIpc) is 2.14. The number of carboxylic acid groups (broad SMARTS) is 1. The number of carboxylic acids is 1. The van der Waals surface area contributed by atoms with Gasteiger partial charge >= 0.3 is 5.97 Å². The number of rotatable bonds is 1. The van der Waals surface area contributed by atoms with E-state index in [0.717, 1.165) is 16.9 Å². The highest BCUT2D eigenvalue weighted by molar-refractivity contribution is 7.12. The summed E-state index contributed by atoms with van der Waals surface area (Å²) in [4.78, 5) is 10.6. The van der Waals surface area contributed by atoms with Crippen molar-refractivity contribution < 1.29 is 9.90 Å². The summed E-state index contributed by atoms with van der Waals surface area (Å²) in [6, 6.07) is 0. The summed E-state index contributed by atoms with van der Waals surface area (Å²) in [6.45, 7) is 1.78. The van der Waals surface area contributed by atoms with Gasteiger partial charge < -0.3 is 5.11 Å². The second-order valence-corrected chi connectivity index (χ2v) is 3.12. The van der Waals surface area contributed by atoms with Crippen LogP contribution >= 0.6 is 22.9 Å². The molecule has 0 aromatic carbocycles. The van der Waals surface area contributed by atoms with Crippen LogP contribution in [-0.2, 0) is 0 Å². The molecule has 10 heavy (non-hydrogen) atoms. The number of thiophene rings is 1. The second-order valence-electron chi connectivity index (χ2n) is 1.87. The van der Waals surface area contributed by atoms with Crippen LogP contribution in [0, 0.1) is 6.92 Å². The zero-order valence-corrected chi connectivity index (χ0v) is 6.79. The van der Waals surface area contributed by atoms with Gasteiger partial charge in [-0.3, -0.25) is 0 Å². The van der Waals surface area contributed by atoms with Gasteiger partial charge in [-0.2, -0.15) is 0 Å². The lowest BCUT2D eigenvalue weighted by molar-refractivity contribution is 0.0702. The molecule has 0 aliphatic heterocycles. The van der Waals surface area contributed by atoms with E-state index in [1.807, 2.05) is 0 Å². The Morgan fingerprint density at radius 3 is 2.60 bits per heavy atom. The van der Waals surface area contributed by atoms with Crippen LogP contribution < -0.4 is 0 Å². The van der Waals surface area contributed by atoms with Gasteiger partial charge in [0.05, 0.1) is 5.02 Å². The highest BCUT2D eigenvalue weighted by Gasteiger charge is 2.11. The SMILES string of the molecule is Cc1csc(C(=O)O)c1Cl. The van der Waals surface area contributed by atoms with E-state index in [4.69, 9.17) is 16.7 Å². The molecule has 2 nitrogen and oxygen atoms in total. The van der Waals surface area contributed by atoms with Crippen molar-refractivity contribution in [1.29, 1.82) is 0 Å². The Balaban J connectivity index is 3.17. The largest absolute Gasteiger partial charge is 0.477 e. The molecule has 0 atom stereocenters. The summed E-state index contributed by atoms with van der Waals surface area (Å²) in [5.74, 6) is -0.955. The van der Waals surface area contributed by atoms with Crippen LogP contribution in [-0.4, -0.2) is 11.1 Å². The molecule has 0 aliphatic rings. The van der Waals surface area contributed by atoms with Crippen LogP contribution in [0.1, 0.15) is 15.2 Å². The Morgan fingerprint density at radius 2 is 2.40 bits per heavy atom. The monoisotopic (exact) mass is 176 g/mol. The van der Waals surface area contributed by atoms with E-state index in [1.54, 1.807) is 12.3 Å². The van der Waals surface area contributed by atoms with E-state index < -0.39 is 5.97 Å². The molecule has 1 N–H and O–H groups in total. The minimum atomic E-state index is -0.955. The third-order valence-electron chi connectivity index (χ3n) is 1.09. The van der Waals surface area contributed by atoms with Crippen molar-refractivity contribution in [3.05, 3.63) is 20.8 Å². The predicted molar refractivity (Wildman–Crippen MR) is 41.0 cm³/mol. The summed E-state index contributed by atoms with van der Waals surface area (Å²) < 4.78 is 0. The number of halogens is 1. The fraction of sp³-hybridized carbons (Fsp3) is 0.167. The summed E-state index contributed by atoms with van der Waals surface area (Å²) in [5.41, 5.74) is 0.823. The second kappa shape index (κ2) is 2.60. The van der Waals surface area contributed by atoms with Crippen molar-refractivity contribution in [1.82, 2.24) is 0 Å². The highest BCUT2D eigenvalue weighted by atomic mass is 35.5. The third kappa shape index (κ3) is 1.15. The van der Waals surface area contributed by atoms with E-state index >= 15 is 0 Å². The maximum Gasteiger partial charge on any atom is 0.347 e. The van der Waals surface area contributed by atoms with Crippen molar-refractivity contribution in [3.63, 3.8) is 0 Å². The molecule has 4 heteroatoms. The Hall–Kier alpha value is -0.540. The minimum Gasteiger partial charge on any atom is -0.477 e. The first-order chi connectivity index (χ1) is 4.63. The molecule has 54 valence electrons. The Kier molecular flexibility index (Phi) is 1.97. The molecule has 0 aliphatic carbocycles. The normalized spacial score (nSPS) is 9.80. The van der Waals surface area contributed by atoms with Gasteiger partial charge in [-0.1, -0.05) is 11.6 Å². The van der Waals surface area contributed by atoms with Crippen LogP contribution in [0.25, 0.3) is 0 Å². The highest BCUT2D eigenvalue weighted by Crippen LogP contribution is 2.26. The van der Waals surface area contributed by atoms with Crippen molar-refractivity contribution >= 4 is 28.9 Å². The Bertz CT molecular complexity index is 267. The van der Waals surface area contributed by atoms with Gasteiger partial charge in [0.1, 0.15) is 4.88 Å². The fourth-order valence-corrected chi connectivity index (χ4v) is 1.69. The lowest BCUT2D eigenvalue weighted by Gasteiger charge is -1.87. The van der Waals surface area contributed by atoms with E-state index in [1.165, 1.54) is 0 Å². The first-order valence-electron chi connectivity index (χ1n) is 2.60. The molecule has 0 saturated carbocycles. The first kappa shape index (κ1) is 7.57.